The van der Waals surface area contributed by atoms with Gasteiger partial charge in [0.15, 0.2) is 0 Å². The van der Waals surface area contributed by atoms with E-state index in [0.717, 1.165) is 5.92 Å². The second-order valence-corrected chi connectivity index (χ2v) is 9.32. The number of rotatable bonds is 21. The minimum Gasteiger partial charge on any atom is -0.0985 e. The van der Waals surface area contributed by atoms with E-state index in [2.05, 4.69) is 13.8 Å². The second-order valence-electron chi connectivity index (χ2n) is 8.51. The molecule has 0 spiro atoms. The van der Waals surface area contributed by atoms with Gasteiger partial charge in [0.1, 0.15) is 0 Å². The molecule has 0 fully saturated rings. The first-order valence-electron chi connectivity index (χ1n) is 12.3. The van der Waals surface area contributed by atoms with E-state index in [1.54, 1.807) is 5.28 Å². The van der Waals surface area contributed by atoms with Crippen molar-refractivity contribution in [2.24, 2.45) is 5.92 Å². The van der Waals surface area contributed by atoms with Crippen LogP contribution in [0.4, 0.5) is 0 Å². The first-order valence-corrected chi connectivity index (χ1v) is 13.8. The Morgan fingerprint density at radius 1 is 0.440 bits per heavy atom. The molecule has 1 heteroatoms. The van der Waals surface area contributed by atoms with Gasteiger partial charge in [-0.3, -0.25) is 0 Å². The van der Waals surface area contributed by atoms with Crippen molar-refractivity contribution >= 4 is 16.3 Å². The van der Waals surface area contributed by atoms with Crippen LogP contribution in [-0.2, 0) is 0 Å². The Hall–Kier alpha value is 0.532. The minimum atomic E-state index is 1.08. The zero-order chi connectivity index (χ0) is 18.4. The molecule has 0 heterocycles. The van der Waals surface area contributed by atoms with Crippen LogP contribution in [-0.4, -0.2) is 16.3 Å². The highest BCUT2D eigenvalue weighted by Gasteiger charge is 2.05. The summed E-state index contributed by atoms with van der Waals surface area (Å²) in [5.74, 6) is 1.08. The summed E-state index contributed by atoms with van der Waals surface area (Å²) in [6.45, 7) is 4.61. The fourth-order valence-electron chi connectivity index (χ4n) is 4.04. The quantitative estimate of drug-likeness (QED) is 0.141. The molecule has 150 valence electrons. The van der Waals surface area contributed by atoms with Crippen LogP contribution in [0.2, 0.25) is 5.28 Å². The van der Waals surface area contributed by atoms with Crippen LogP contribution in [0.3, 0.4) is 0 Å². The molecular weight excluding hydrogens is 315 g/mol. The topological polar surface area (TPSA) is 0 Å². The van der Waals surface area contributed by atoms with E-state index in [9.17, 15) is 0 Å². The van der Waals surface area contributed by atoms with Crippen LogP contribution in [0, 0.1) is 5.92 Å². The molecule has 0 aromatic heterocycles. The molecule has 0 aliphatic carbocycles. The van der Waals surface area contributed by atoms with Gasteiger partial charge in [-0.15, -0.1) is 0 Å². The van der Waals surface area contributed by atoms with Crippen molar-refractivity contribution in [1.29, 1.82) is 0 Å². The first-order chi connectivity index (χ1) is 12.3. The van der Waals surface area contributed by atoms with Gasteiger partial charge in [0, 0.05) is 0 Å². The Bertz CT molecular complexity index is 226. The Kier molecular flexibility index (Phi) is 23.1. The van der Waals surface area contributed by atoms with Gasteiger partial charge >= 0.3 is 0 Å². The average Bonchev–Trinajstić information content (AvgIpc) is 2.63. The monoisotopic (exact) mass is 366 g/mol. The lowest BCUT2D eigenvalue weighted by Crippen LogP contribution is -2.00. The van der Waals surface area contributed by atoms with Crippen molar-refractivity contribution in [3.05, 3.63) is 0 Å². The summed E-state index contributed by atoms with van der Waals surface area (Å²) >= 11 is 1.41. The van der Waals surface area contributed by atoms with E-state index >= 15 is 0 Å². The van der Waals surface area contributed by atoms with E-state index in [1.807, 2.05) is 0 Å². The number of hydrogen-bond acceptors (Lipinski definition) is 0. The highest BCUT2D eigenvalue weighted by molar-refractivity contribution is 6.08. The van der Waals surface area contributed by atoms with E-state index in [1.165, 1.54) is 145 Å². The lowest BCUT2D eigenvalue weighted by atomic mass is 9.95. The molecule has 0 aromatic rings. The third-order valence-electron chi connectivity index (χ3n) is 6.01. The van der Waals surface area contributed by atoms with Crippen LogP contribution in [0.15, 0.2) is 0 Å². The summed E-state index contributed by atoms with van der Waals surface area (Å²) < 4.78 is 0. The summed E-state index contributed by atoms with van der Waals surface area (Å²) in [6.07, 6.45) is 29.6. The normalized spacial score (nSPS) is 12.6. The predicted octanol–water partition coefficient (Wildman–Crippen LogP) is 8.50. The van der Waals surface area contributed by atoms with Crippen LogP contribution < -0.4 is 0 Å². The van der Waals surface area contributed by atoms with Gasteiger partial charge < -0.3 is 0 Å². The Morgan fingerprint density at radius 2 is 0.720 bits per heavy atom. The fourth-order valence-corrected chi connectivity index (χ4v) is 4.86. The molecule has 0 aliphatic rings. The molecule has 1 atom stereocenters. The van der Waals surface area contributed by atoms with Gasteiger partial charge in [0.2, 0.25) is 16.3 Å². The molecular formula is C24H51Al. The Balaban J connectivity index is 3.28. The van der Waals surface area contributed by atoms with E-state index < -0.39 is 0 Å². The molecule has 0 N–H and O–H groups in total. The molecule has 0 aliphatic heterocycles. The van der Waals surface area contributed by atoms with Crippen molar-refractivity contribution in [3.63, 3.8) is 0 Å². The zero-order valence-corrected chi connectivity index (χ0v) is 20.4. The number of hydrogen-bond donors (Lipinski definition) is 0. The molecule has 0 rings (SSSR count). The van der Waals surface area contributed by atoms with Gasteiger partial charge in [-0.1, -0.05) is 153 Å². The molecule has 1 unspecified atom stereocenters. The van der Waals surface area contributed by atoms with Gasteiger partial charge in [-0.25, -0.2) is 0 Å². The van der Waals surface area contributed by atoms with Crippen LogP contribution in [0.25, 0.3) is 0 Å². The van der Waals surface area contributed by atoms with Crippen LogP contribution >= 0.6 is 0 Å². The maximum atomic E-state index is 2.31. The highest BCUT2D eigenvalue weighted by atomic mass is 27.0. The average molecular weight is 367 g/mol. The molecule has 0 bridgehead atoms. The van der Waals surface area contributed by atoms with Crippen LogP contribution in [0.5, 0.6) is 0 Å². The van der Waals surface area contributed by atoms with Crippen molar-refractivity contribution in [2.75, 3.05) is 0 Å². The van der Waals surface area contributed by atoms with Gasteiger partial charge in [0.25, 0.3) is 0 Å². The summed E-state index contributed by atoms with van der Waals surface area (Å²) in [7, 11) is 0. The van der Waals surface area contributed by atoms with E-state index in [0.29, 0.717) is 0 Å². The van der Waals surface area contributed by atoms with E-state index in [-0.39, 0.29) is 0 Å². The summed E-state index contributed by atoms with van der Waals surface area (Å²) in [4.78, 5) is 0. The Labute approximate surface area is 169 Å². The molecule has 0 saturated heterocycles. The second kappa shape index (κ2) is 22.6. The van der Waals surface area contributed by atoms with Crippen molar-refractivity contribution in [1.82, 2.24) is 0 Å². The molecule has 0 amide bonds. The van der Waals surface area contributed by atoms with Gasteiger partial charge in [-0.2, -0.15) is 0 Å². The standard InChI is InChI=1S/C24H49.Al.2H/c1-4-6-8-10-12-14-15-17-19-21-23-24(3)22-20-18-16-13-11-9-7-5-2;;;/h24H,3-23H2,1-2H3;;;. The molecule has 0 nitrogen and oxygen atoms in total. The zero-order valence-electron chi connectivity index (χ0n) is 18.4. The third kappa shape index (κ3) is 20.7. The van der Waals surface area contributed by atoms with Crippen molar-refractivity contribution in [2.45, 2.75) is 148 Å². The summed E-state index contributed by atoms with van der Waals surface area (Å²) in [5, 5.41) is 1.55. The fraction of sp³-hybridized carbons (Fsp3) is 1.00. The lowest BCUT2D eigenvalue weighted by Gasteiger charge is -2.14. The van der Waals surface area contributed by atoms with Gasteiger partial charge in [0.05, 0.1) is 0 Å². The van der Waals surface area contributed by atoms with Crippen molar-refractivity contribution in [3.8, 4) is 0 Å². The third-order valence-corrected chi connectivity index (χ3v) is 7.16. The Morgan fingerprint density at radius 3 is 1.00 bits per heavy atom. The molecule has 0 radical (unpaired) electrons. The van der Waals surface area contributed by atoms with E-state index in [4.69, 9.17) is 0 Å². The lowest BCUT2D eigenvalue weighted by molar-refractivity contribution is 0.430. The first kappa shape index (κ1) is 25.5. The SMILES string of the molecule is CCCCCCCCCCCCC([CH2][AlH2])CCCCCCCCCC. The van der Waals surface area contributed by atoms with Crippen LogP contribution in [0.1, 0.15) is 142 Å². The summed E-state index contributed by atoms with van der Waals surface area (Å²) in [6, 6.07) is 0. The molecule has 25 heavy (non-hydrogen) atoms. The van der Waals surface area contributed by atoms with Gasteiger partial charge in [-0.05, 0) is 0 Å². The smallest absolute Gasteiger partial charge is 0.0985 e. The maximum Gasteiger partial charge on any atom is 0.212 e. The maximum absolute atomic E-state index is 2.31. The minimum absolute atomic E-state index is 1.08. The summed E-state index contributed by atoms with van der Waals surface area (Å²) in [5.41, 5.74) is 0. The number of unbranched alkanes of at least 4 members (excludes halogenated alkanes) is 16. The van der Waals surface area contributed by atoms with Crippen molar-refractivity contribution < 1.29 is 0 Å². The molecule has 0 saturated carbocycles. The molecule has 0 aromatic carbocycles. The predicted molar refractivity (Wildman–Crippen MR) is 121 cm³/mol. The largest absolute Gasteiger partial charge is 0.212 e. The highest BCUT2D eigenvalue weighted by Crippen LogP contribution is 2.21.